The van der Waals surface area contributed by atoms with Crippen LogP contribution in [-0.2, 0) is 17.7 Å². The van der Waals surface area contributed by atoms with E-state index in [0.717, 1.165) is 18.9 Å². The van der Waals surface area contributed by atoms with E-state index in [2.05, 4.69) is 30.4 Å². The highest BCUT2D eigenvalue weighted by atomic mass is 16.6. The molecule has 1 heterocycles. The van der Waals surface area contributed by atoms with Crippen molar-refractivity contribution in [1.29, 1.82) is 0 Å². The molecule has 3 rings (SSSR count). The van der Waals surface area contributed by atoms with E-state index in [4.69, 9.17) is 4.74 Å². The topological polar surface area (TPSA) is 41.6 Å². The molecule has 126 valence electrons. The maximum Gasteiger partial charge on any atom is 0.410 e. The van der Waals surface area contributed by atoms with Crippen molar-refractivity contribution in [1.82, 2.24) is 4.90 Å². The lowest BCUT2D eigenvalue weighted by molar-refractivity contribution is 0.0224. The number of nitrogens with zero attached hydrogens (tertiary/aromatic N) is 1. The molecule has 0 saturated heterocycles. The van der Waals surface area contributed by atoms with Crippen LogP contribution in [0.3, 0.4) is 0 Å². The third kappa shape index (κ3) is 3.98. The number of carbonyl (C=O) groups excluding carboxylic acids is 1. The highest BCUT2D eigenvalue weighted by molar-refractivity contribution is 5.69. The van der Waals surface area contributed by atoms with Crippen LogP contribution >= 0.6 is 0 Å². The second-order valence-electron chi connectivity index (χ2n) is 8.05. The quantitative estimate of drug-likeness (QED) is 0.889. The summed E-state index contributed by atoms with van der Waals surface area (Å²) in [6.45, 7) is 9.39. The molecule has 0 bridgehead atoms. The zero-order valence-corrected chi connectivity index (χ0v) is 14.7. The Morgan fingerprint density at radius 3 is 2.65 bits per heavy atom. The summed E-state index contributed by atoms with van der Waals surface area (Å²) in [5.74, 6) is 0.841. The predicted octanol–water partition coefficient (Wildman–Crippen LogP) is 4.19. The second kappa shape index (κ2) is 6.06. The van der Waals surface area contributed by atoms with Crippen molar-refractivity contribution in [3.8, 4) is 0 Å². The second-order valence-corrected chi connectivity index (χ2v) is 8.05. The van der Waals surface area contributed by atoms with Crippen LogP contribution in [-0.4, -0.2) is 29.2 Å². The van der Waals surface area contributed by atoms with Crippen LogP contribution in [0.25, 0.3) is 0 Å². The Kier molecular flexibility index (Phi) is 4.26. The van der Waals surface area contributed by atoms with Gasteiger partial charge in [-0.25, -0.2) is 4.79 Å². The van der Waals surface area contributed by atoms with E-state index in [0.29, 0.717) is 12.6 Å². The van der Waals surface area contributed by atoms with Crippen LogP contribution in [0, 0.1) is 5.92 Å². The van der Waals surface area contributed by atoms with Gasteiger partial charge in [0.1, 0.15) is 5.60 Å². The summed E-state index contributed by atoms with van der Waals surface area (Å²) < 4.78 is 5.50. The lowest BCUT2D eigenvalue weighted by Crippen LogP contribution is -2.40. The van der Waals surface area contributed by atoms with Gasteiger partial charge in [-0.1, -0.05) is 13.0 Å². The average molecular weight is 316 g/mol. The Hall–Kier alpha value is -1.71. The van der Waals surface area contributed by atoms with Crippen LogP contribution < -0.4 is 5.32 Å². The van der Waals surface area contributed by atoms with Crippen molar-refractivity contribution in [3.63, 3.8) is 0 Å². The van der Waals surface area contributed by atoms with Gasteiger partial charge in [0.05, 0.1) is 0 Å². The highest BCUT2D eigenvalue weighted by Crippen LogP contribution is 2.31. The minimum absolute atomic E-state index is 0.214. The SMILES string of the molecule is CC1CC(Nc2ccc3c(c2)CN(C(=O)OC(C)(C)C)CC3)C1. The summed E-state index contributed by atoms with van der Waals surface area (Å²) in [7, 11) is 0. The van der Waals surface area contributed by atoms with Crippen LogP contribution in [0.4, 0.5) is 10.5 Å². The van der Waals surface area contributed by atoms with Gasteiger partial charge in [-0.05, 0) is 69.2 Å². The number of hydrogen-bond acceptors (Lipinski definition) is 3. The first kappa shape index (κ1) is 16.2. The fourth-order valence-corrected chi connectivity index (χ4v) is 3.39. The molecule has 0 unspecified atom stereocenters. The van der Waals surface area contributed by atoms with Crippen molar-refractivity contribution in [2.45, 2.75) is 65.1 Å². The molecule has 1 amide bonds. The third-order valence-electron chi connectivity index (χ3n) is 4.61. The Morgan fingerprint density at radius 1 is 1.26 bits per heavy atom. The zero-order chi connectivity index (χ0) is 16.6. The molecule has 0 spiro atoms. The van der Waals surface area contributed by atoms with E-state index in [1.54, 1.807) is 0 Å². The van der Waals surface area contributed by atoms with Crippen LogP contribution in [0.5, 0.6) is 0 Å². The van der Waals surface area contributed by atoms with Crippen LogP contribution in [0.2, 0.25) is 0 Å². The van der Waals surface area contributed by atoms with E-state index in [9.17, 15) is 4.79 Å². The maximum atomic E-state index is 12.3. The van der Waals surface area contributed by atoms with E-state index in [1.807, 2.05) is 25.7 Å². The number of ether oxygens (including phenoxy) is 1. The standard InChI is InChI=1S/C19H28N2O2/c1-13-9-17(10-13)20-16-6-5-14-7-8-21(12-15(14)11-16)18(22)23-19(2,3)4/h5-6,11,13,17,20H,7-10,12H2,1-4H3. The van der Waals surface area contributed by atoms with Crippen LogP contribution in [0.1, 0.15) is 51.7 Å². The van der Waals surface area contributed by atoms with E-state index >= 15 is 0 Å². The lowest BCUT2D eigenvalue weighted by Gasteiger charge is -2.35. The van der Waals surface area contributed by atoms with Gasteiger partial charge in [0.15, 0.2) is 0 Å². The molecular weight excluding hydrogens is 288 g/mol. The fraction of sp³-hybridized carbons (Fsp3) is 0.632. The molecule has 2 aliphatic rings. The molecule has 1 fully saturated rings. The Balaban J connectivity index is 1.65. The molecule has 1 saturated carbocycles. The summed E-state index contributed by atoms with van der Waals surface area (Å²) in [6, 6.07) is 7.18. The number of fused-ring (bicyclic) bond motifs is 1. The van der Waals surface area contributed by atoms with Gasteiger partial charge in [0, 0.05) is 24.8 Å². The molecule has 0 radical (unpaired) electrons. The van der Waals surface area contributed by atoms with Crippen molar-refractivity contribution < 1.29 is 9.53 Å². The van der Waals surface area contributed by atoms with Gasteiger partial charge in [0.25, 0.3) is 0 Å². The number of benzene rings is 1. The zero-order valence-electron chi connectivity index (χ0n) is 14.7. The first-order valence-corrected chi connectivity index (χ1v) is 8.66. The van der Waals surface area contributed by atoms with Crippen molar-refractivity contribution in [2.75, 3.05) is 11.9 Å². The Labute approximate surface area is 139 Å². The smallest absolute Gasteiger partial charge is 0.410 e. The molecule has 1 aliphatic heterocycles. The summed E-state index contributed by atoms with van der Waals surface area (Å²) in [6.07, 6.45) is 3.19. The number of amides is 1. The maximum absolute atomic E-state index is 12.3. The number of carbonyl (C=O) groups is 1. The van der Waals surface area contributed by atoms with Crippen LogP contribution in [0.15, 0.2) is 18.2 Å². The lowest BCUT2D eigenvalue weighted by atomic mass is 9.82. The number of anilines is 1. The molecule has 4 nitrogen and oxygen atoms in total. The molecule has 1 N–H and O–H groups in total. The molecule has 1 aromatic carbocycles. The normalized spacial score (nSPS) is 23.7. The largest absolute Gasteiger partial charge is 0.444 e. The predicted molar refractivity (Wildman–Crippen MR) is 92.6 cm³/mol. The molecule has 0 aromatic heterocycles. The van der Waals surface area contributed by atoms with Gasteiger partial charge in [-0.2, -0.15) is 0 Å². The Morgan fingerprint density at radius 2 is 2.00 bits per heavy atom. The van der Waals surface area contributed by atoms with E-state index < -0.39 is 5.60 Å². The van der Waals surface area contributed by atoms with Gasteiger partial charge in [-0.15, -0.1) is 0 Å². The average Bonchev–Trinajstić information content (AvgIpc) is 2.43. The molecular formula is C19H28N2O2. The summed E-state index contributed by atoms with van der Waals surface area (Å²) in [4.78, 5) is 14.1. The molecule has 4 heteroatoms. The highest BCUT2D eigenvalue weighted by Gasteiger charge is 2.27. The third-order valence-corrected chi connectivity index (χ3v) is 4.61. The number of nitrogens with one attached hydrogen (secondary N) is 1. The summed E-state index contributed by atoms with van der Waals surface area (Å²) in [5, 5.41) is 3.61. The minimum Gasteiger partial charge on any atom is -0.444 e. The fourth-order valence-electron chi connectivity index (χ4n) is 3.39. The summed E-state index contributed by atoms with van der Waals surface area (Å²) in [5.41, 5.74) is 3.31. The monoisotopic (exact) mass is 316 g/mol. The first-order valence-electron chi connectivity index (χ1n) is 8.66. The van der Waals surface area contributed by atoms with E-state index in [-0.39, 0.29) is 6.09 Å². The van der Waals surface area contributed by atoms with Gasteiger partial charge >= 0.3 is 6.09 Å². The number of hydrogen-bond donors (Lipinski definition) is 1. The van der Waals surface area contributed by atoms with Gasteiger partial charge < -0.3 is 15.0 Å². The van der Waals surface area contributed by atoms with Gasteiger partial charge in [-0.3, -0.25) is 0 Å². The first-order chi connectivity index (χ1) is 10.8. The molecule has 23 heavy (non-hydrogen) atoms. The number of rotatable bonds is 2. The molecule has 1 aliphatic carbocycles. The summed E-state index contributed by atoms with van der Waals surface area (Å²) >= 11 is 0. The van der Waals surface area contributed by atoms with Crippen molar-refractivity contribution in [3.05, 3.63) is 29.3 Å². The van der Waals surface area contributed by atoms with E-state index in [1.165, 1.54) is 29.7 Å². The Bertz CT molecular complexity index is 586. The van der Waals surface area contributed by atoms with Crippen molar-refractivity contribution >= 4 is 11.8 Å². The minimum atomic E-state index is -0.443. The molecule has 0 atom stereocenters. The molecule has 1 aromatic rings. The van der Waals surface area contributed by atoms with Gasteiger partial charge in [0.2, 0.25) is 0 Å². The van der Waals surface area contributed by atoms with Crippen molar-refractivity contribution in [2.24, 2.45) is 5.92 Å².